The summed E-state index contributed by atoms with van der Waals surface area (Å²) in [5.41, 5.74) is 5.99. The van der Waals surface area contributed by atoms with Crippen molar-refractivity contribution in [3.8, 4) is 17.3 Å². The number of hydrogen-bond donors (Lipinski definition) is 2. The fourth-order valence-corrected chi connectivity index (χ4v) is 4.44. The number of likely N-dealkylation sites (N-methyl/N-ethyl adjacent to an activating group) is 1. The van der Waals surface area contributed by atoms with Crippen molar-refractivity contribution in [1.29, 1.82) is 0 Å². The van der Waals surface area contributed by atoms with Gasteiger partial charge in [0.05, 0.1) is 21.9 Å². The van der Waals surface area contributed by atoms with Crippen LogP contribution in [0.1, 0.15) is 5.56 Å². The molecule has 0 unspecified atom stereocenters. The molecule has 0 bridgehead atoms. The molecule has 0 saturated carbocycles. The number of benzene rings is 3. The van der Waals surface area contributed by atoms with Gasteiger partial charge in [0.2, 0.25) is 0 Å². The minimum absolute atomic E-state index is 0.499. The lowest BCUT2D eigenvalue weighted by Gasteiger charge is -2.34. The molecule has 33 heavy (non-hydrogen) atoms. The number of aromatic amines is 2. The molecule has 6 rings (SSSR count). The number of imidazole rings is 1. The molecule has 1 aliphatic heterocycles. The van der Waals surface area contributed by atoms with Crippen LogP contribution in [0.25, 0.3) is 33.5 Å². The van der Waals surface area contributed by atoms with E-state index in [4.69, 9.17) is 9.72 Å². The lowest BCUT2D eigenvalue weighted by Crippen LogP contribution is -2.44. The number of ether oxygens (including phenoxy) is 1. The number of aromatic nitrogens is 4. The SMILES string of the molecule is CN1CCN(c2ccc3nc(-c4n[nH]c5cccc(OCc6ccccc6)c45)[nH]c3c2)CC1. The van der Waals surface area contributed by atoms with E-state index in [1.807, 2.05) is 36.4 Å². The van der Waals surface area contributed by atoms with Gasteiger partial charge in [-0.05, 0) is 42.9 Å². The summed E-state index contributed by atoms with van der Waals surface area (Å²) in [7, 11) is 2.17. The predicted octanol–water partition coefficient (Wildman–Crippen LogP) is 4.44. The molecule has 5 aromatic rings. The maximum atomic E-state index is 6.19. The number of nitrogens with zero attached hydrogens (tertiary/aromatic N) is 4. The van der Waals surface area contributed by atoms with Crippen LogP contribution in [-0.2, 0) is 6.61 Å². The van der Waals surface area contributed by atoms with Gasteiger partial charge in [-0.15, -0.1) is 0 Å². The fourth-order valence-electron chi connectivity index (χ4n) is 4.44. The Morgan fingerprint density at radius 2 is 1.76 bits per heavy atom. The first-order chi connectivity index (χ1) is 16.2. The summed E-state index contributed by atoms with van der Waals surface area (Å²) in [6.45, 7) is 4.73. The molecule has 2 N–H and O–H groups in total. The van der Waals surface area contributed by atoms with Crippen molar-refractivity contribution >= 4 is 27.6 Å². The Morgan fingerprint density at radius 3 is 2.61 bits per heavy atom. The number of fused-ring (bicyclic) bond motifs is 2. The Hall–Kier alpha value is -3.84. The van der Waals surface area contributed by atoms with E-state index in [1.165, 1.54) is 5.69 Å². The third kappa shape index (κ3) is 3.81. The quantitative estimate of drug-likeness (QED) is 0.425. The van der Waals surface area contributed by atoms with Gasteiger partial charge in [-0.1, -0.05) is 36.4 Å². The number of anilines is 1. The highest BCUT2D eigenvalue weighted by molar-refractivity contribution is 5.97. The summed E-state index contributed by atoms with van der Waals surface area (Å²) < 4.78 is 6.19. The standard InChI is InChI=1S/C26H26N6O/c1-31-12-14-32(15-13-31)19-10-11-20-22(16-19)28-26(27-20)25-24-21(29-30-25)8-5-9-23(24)33-17-18-6-3-2-4-7-18/h2-11,16H,12-15,17H2,1H3,(H,27,28)(H,29,30). The van der Waals surface area contributed by atoms with Gasteiger partial charge in [0, 0.05) is 31.9 Å². The van der Waals surface area contributed by atoms with Gasteiger partial charge < -0.3 is 19.5 Å². The molecule has 0 aliphatic carbocycles. The first kappa shape index (κ1) is 19.8. The average molecular weight is 439 g/mol. The lowest BCUT2D eigenvalue weighted by atomic mass is 10.2. The summed E-state index contributed by atoms with van der Waals surface area (Å²) in [5, 5.41) is 8.65. The monoisotopic (exact) mass is 438 g/mol. The van der Waals surface area contributed by atoms with Crippen molar-refractivity contribution in [2.24, 2.45) is 0 Å². The zero-order valence-electron chi connectivity index (χ0n) is 18.6. The Kier molecular flexibility index (Phi) is 4.96. The second-order valence-electron chi connectivity index (χ2n) is 8.60. The number of H-pyrrole nitrogens is 2. The molecule has 0 radical (unpaired) electrons. The molecule has 166 valence electrons. The maximum Gasteiger partial charge on any atom is 0.159 e. The zero-order valence-corrected chi connectivity index (χ0v) is 18.6. The summed E-state index contributed by atoms with van der Waals surface area (Å²) in [4.78, 5) is 13.1. The largest absolute Gasteiger partial charge is 0.488 e. The third-order valence-electron chi connectivity index (χ3n) is 6.35. The molecule has 1 fully saturated rings. The molecule has 0 amide bonds. The van der Waals surface area contributed by atoms with Crippen LogP contribution in [0.3, 0.4) is 0 Å². The van der Waals surface area contributed by atoms with Gasteiger partial charge in [0.1, 0.15) is 18.1 Å². The van der Waals surface area contributed by atoms with E-state index >= 15 is 0 Å². The van der Waals surface area contributed by atoms with E-state index in [2.05, 4.69) is 62.4 Å². The molecule has 3 aromatic carbocycles. The first-order valence-corrected chi connectivity index (χ1v) is 11.3. The Bertz CT molecular complexity index is 1400. The van der Waals surface area contributed by atoms with Gasteiger partial charge in [0.25, 0.3) is 0 Å². The predicted molar refractivity (Wildman–Crippen MR) is 132 cm³/mol. The van der Waals surface area contributed by atoms with Crippen LogP contribution < -0.4 is 9.64 Å². The molecule has 0 spiro atoms. The second kappa shape index (κ2) is 8.26. The highest BCUT2D eigenvalue weighted by Crippen LogP contribution is 2.34. The van der Waals surface area contributed by atoms with Crippen molar-refractivity contribution in [3.63, 3.8) is 0 Å². The van der Waals surface area contributed by atoms with Crippen LogP contribution >= 0.6 is 0 Å². The van der Waals surface area contributed by atoms with Crippen molar-refractivity contribution in [3.05, 3.63) is 72.3 Å². The van der Waals surface area contributed by atoms with Gasteiger partial charge >= 0.3 is 0 Å². The van der Waals surface area contributed by atoms with E-state index in [9.17, 15) is 0 Å². The number of rotatable bonds is 5. The molecule has 3 heterocycles. The van der Waals surface area contributed by atoms with Crippen LogP contribution in [0.5, 0.6) is 5.75 Å². The van der Waals surface area contributed by atoms with Crippen molar-refractivity contribution < 1.29 is 4.74 Å². The smallest absolute Gasteiger partial charge is 0.159 e. The molecule has 7 nitrogen and oxygen atoms in total. The van der Waals surface area contributed by atoms with Crippen LogP contribution in [0.15, 0.2) is 66.7 Å². The van der Waals surface area contributed by atoms with E-state index < -0.39 is 0 Å². The Morgan fingerprint density at radius 1 is 0.909 bits per heavy atom. The topological polar surface area (TPSA) is 73.1 Å². The normalized spacial score (nSPS) is 14.9. The minimum Gasteiger partial charge on any atom is -0.488 e. The van der Waals surface area contributed by atoms with Crippen molar-refractivity contribution in [2.75, 3.05) is 38.1 Å². The summed E-state index contributed by atoms with van der Waals surface area (Å²) >= 11 is 0. The van der Waals surface area contributed by atoms with Gasteiger partial charge in [-0.3, -0.25) is 5.10 Å². The summed E-state index contributed by atoms with van der Waals surface area (Å²) in [5.74, 6) is 1.53. The van der Waals surface area contributed by atoms with Gasteiger partial charge in [-0.25, -0.2) is 4.98 Å². The molecule has 1 saturated heterocycles. The number of hydrogen-bond acceptors (Lipinski definition) is 5. The number of nitrogens with one attached hydrogen (secondary N) is 2. The van der Waals surface area contributed by atoms with Crippen molar-refractivity contribution in [1.82, 2.24) is 25.1 Å². The molecule has 2 aromatic heterocycles. The van der Waals surface area contributed by atoms with E-state index in [0.717, 1.165) is 70.9 Å². The molecular weight excluding hydrogens is 412 g/mol. The van der Waals surface area contributed by atoms with Gasteiger partial charge in [-0.2, -0.15) is 5.10 Å². The first-order valence-electron chi connectivity index (χ1n) is 11.3. The highest BCUT2D eigenvalue weighted by atomic mass is 16.5. The lowest BCUT2D eigenvalue weighted by molar-refractivity contribution is 0.310. The van der Waals surface area contributed by atoms with Crippen molar-refractivity contribution in [2.45, 2.75) is 6.61 Å². The molecule has 7 heteroatoms. The zero-order chi connectivity index (χ0) is 22.2. The van der Waals surface area contributed by atoms with Crippen LogP contribution in [0.4, 0.5) is 5.69 Å². The Balaban J connectivity index is 1.33. The summed E-state index contributed by atoms with van der Waals surface area (Å²) in [6.07, 6.45) is 0. The van der Waals surface area contributed by atoms with Crippen LogP contribution in [0.2, 0.25) is 0 Å². The minimum atomic E-state index is 0.499. The molecular formula is C26H26N6O. The highest BCUT2D eigenvalue weighted by Gasteiger charge is 2.18. The fraction of sp³-hybridized carbons (Fsp3) is 0.231. The van der Waals surface area contributed by atoms with E-state index in [-0.39, 0.29) is 0 Å². The van der Waals surface area contributed by atoms with E-state index in [0.29, 0.717) is 6.61 Å². The van der Waals surface area contributed by atoms with E-state index in [1.54, 1.807) is 0 Å². The summed E-state index contributed by atoms with van der Waals surface area (Å²) in [6, 6.07) is 22.6. The maximum absolute atomic E-state index is 6.19. The molecule has 0 atom stereocenters. The van der Waals surface area contributed by atoms with Crippen LogP contribution in [-0.4, -0.2) is 58.3 Å². The molecule has 1 aliphatic rings. The second-order valence-corrected chi connectivity index (χ2v) is 8.60. The average Bonchev–Trinajstić information content (AvgIpc) is 3.48. The third-order valence-corrected chi connectivity index (χ3v) is 6.35. The van der Waals surface area contributed by atoms with Crippen LogP contribution in [0, 0.1) is 0 Å². The Labute approximate surface area is 192 Å². The number of piperazine rings is 1. The van der Waals surface area contributed by atoms with Gasteiger partial charge in [0.15, 0.2) is 5.82 Å².